The van der Waals surface area contributed by atoms with Gasteiger partial charge in [0.1, 0.15) is 5.78 Å². The Kier molecular flexibility index (Phi) is 5.15. The Morgan fingerprint density at radius 2 is 1.94 bits per heavy atom. The SMILES string of the molecule is C#CCCCC(=O)CCc1ccc(N)cc1. The molecule has 0 amide bonds. The van der Waals surface area contributed by atoms with Crippen molar-refractivity contribution >= 4 is 11.5 Å². The minimum atomic E-state index is 0.284. The Hall–Kier alpha value is -1.75. The predicted octanol–water partition coefficient (Wildman–Crippen LogP) is 2.57. The van der Waals surface area contributed by atoms with Crippen molar-refractivity contribution in [3.8, 4) is 12.3 Å². The number of nitrogens with two attached hydrogens (primary N) is 1. The molecule has 0 spiro atoms. The summed E-state index contributed by atoms with van der Waals surface area (Å²) in [6.45, 7) is 0. The van der Waals surface area contributed by atoms with E-state index in [2.05, 4.69) is 5.92 Å². The van der Waals surface area contributed by atoms with Crippen molar-refractivity contribution in [2.45, 2.75) is 32.1 Å². The molecule has 0 fully saturated rings. The average molecular weight is 215 g/mol. The third-order valence-electron chi connectivity index (χ3n) is 2.45. The number of hydrogen-bond acceptors (Lipinski definition) is 2. The summed E-state index contributed by atoms with van der Waals surface area (Å²) in [6, 6.07) is 7.64. The molecule has 0 aliphatic heterocycles. The molecule has 1 rings (SSSR count). The number of rotatable bonds is 6. The van der Waals surface area contributed by atoms with E-state index in [0.29, 0.717) is 19.3 Å². The average Bonchev–Trinajstić information content (AvgIpc) is 2.29. The van der Waals surface area contributed by atoms with Crippen LogP contribution in [-0.2, 0) is 11.2 Å². The molecule has 0 saturated heterocycles. The number of carbonyl (C=O) groups excluding carboxylic acids is 1. The molecule has 1 aromatic carbocycles. The Balaban J connectivity index is 2.26. The van der Waals surface area contributed by atoms with Gasteiger partial charge in [0.05, 0.1) is 0 Å². The zero-order valence-corrected chi connectivity index (χ0v) is 9.41. The van der Waals surface area contributed by atoms with Gasteiger partial charge in [-0.15, -0.1) is 12.3 Å². The lowest BCUT2D eigenvalue weighted by Crippen LogP contribution is -2.00. The summed E-state index contributed by atoms with van der Waals surface area (Å²) in [5, 5.41) is 0. The minimum Gasteiger partial charge on any atom is -0.399 e. The van der Waals surface area contributed by atoms with E-state index in [1.54, 1.807) is 0 Å². The van der Waals surface area contributed by atoms with Crippen LogP contribution in [-0.4, -0.2) is 5.78 Å². The van der Waals surface area contributed by atoms with Gasteiger partial charge in [-0.1, -0.05) is 12.1 Å². The summed E-state index contributed by atoms with van der Waals surface area (Å²) >= 11 is 0. The molecule has 84 valence electrons. The van der Waals surface area contributed by atoms with Crippen LogP contribution in [0, 0.1) is 12.3 Å². The maximum absolute atomic E-state index is 11.5. The highest BCUT2D eigenvalue weighted by molar-refractivity contribution is 5.78. The zero-order valence-electron chi connectivity index (χ0n) is 9.41. The van der Waals surface area contributed by atoms with E-state index in [9.17, 15) is 4.79 Å². The lowest BCUT2D eigenvalue weighted by Gasteiger charge is -2.01. The lowest BCUT2D eigenvalue weighted by atomic mass is 10.0. The Morgan fingerprint density at radius 3 is 2.56 bits per heavy atom. The normalized spacial score (nSPS) is 9.69. The van der Waals surface area contributed by atoms with Crippen molar-refractivity contribution in [2.75, 3.05) is 5.73 Å². The molecule has 0 unspecified atom stereocenters. The fraction of sp³-hybridized carbons (Fsp3) is 0.357. The summed E-state index contributed by atoms with van der Waals surface area (Å²) in [4.78, 5) is 11.5. The van der Waals surface area contributed by atoms with Crippen LogP contribution in [0.4, 0.5) is 5.69 Å². The third kappa shape index (κ3) is 4.65. The van der Waals surface area contributed by atoms with Crippen molar-refractivity contribution in [1.29, 1.82) is 0 Å². The number of anilines is 1. The quantitative estimate of drug-likeness (QED) is 0.450. The molecular formula is C14H17NO. The minimum absolute atomic E-state index is 0.284. The largest absolute Gasteiger partial charge is 0.399 e. The van der Waals surface area contributed by atoms with Crippen LogP contribution in [0.5, 0.6) is 0 Å². The number of ketones is 1. The number of terminal acetylenes is 1. The van der Waals surface area contributed by atoms with E-state index in [4.69, 9.17) is 12.2 Å². The molecule has 1 aromatic rings. The van der Waals surface area contributed by atoms with Gasteiger partial charge < -0.3 is 5.73 Å². The Labute approximate surface area is 96.9 Å². The first-order valence-corrected chi connectivity index (χ1v) is 5.52. The molecule has 2 heteroatoms. The van der Waals surface area contributed by atoms with E-state index in [1.807, 2.05) is 24.3 Å². The third-order valence-corrected chi connectivity index (χ3v) is 2.45. The summed E-state index contributed by atoms with van der Waals surface area (Å²) in [6.07, 6.45) is 8.59. The van der Waals surface area contributed by atoms with Gasteiger partial charge in [-0.2, -0.15) is 0 Å². The fourth-order valence-electron chi connectivity index (χ4n) is 1.48. The first-order chi connectivity index (χ1) is 7.72. The molecule has 0 aromatic heterocycles. The molecule has 0 atom stereocenters. The molecule has 0 aliphatic rings. The number of nitrogen functional groups attached to an aromatic ring is 1. The first-order valence-electron chi connectivity index (χ1n) is 5.52. The van der Waals surface area contributed by atoms with Crippen molar-refractivity contribution in [3.63, 3.8) is 0 Å². The zero-order chi connectivity index (χ0) is 11.8. The number of carbonyl (C=O) groups is 1. The van der Waals surface area contributed by atoms with Crippen LogP contribution >= 0.6 is 0 Å². The number of Topliss-reactive ketones (excluding diaryl/α,β-unsaturated/α-hetero) is 1. The molecule has 2 N–H and O–H groups in total. The topological polar surface area (TPSA) is 43.1 Å². The summed E-state index contributed by atoms with van der Waals surface area (Å²) in [5.74, 6) is 2.82. The van der Waals surface area contributed by atoms with Crippen molar-refractivity contribution in [1.82, 2.24) is 0 Å². The second kappa shape index (κ2) is 6.68. The molecular weight excluding hydrogens is 198 g/mol. The van der Waals surface area contributed by atoms with Gasteiger partial charge in [0, 0.05) is 24.9 Å². The Bertz CT molecular complexity index is 373. The van der Waals surface area contributed by atoms with Crippen LogP contribution < -0.4 is 5.73 Å². The highest BCUT2D eigenvalue weighted by Gasteiger charge is 2.02. The second-order valence-corrected chi connectivity index (χ2v) is 3.84. The summed E-state index contributed by atoms with van der Waals surface area (Å²) in [7, 11) is 0. The van der Waals surface area contributed by atoms with Gasteiger partial charge in [-0.25, -0.2) is 0 Å². The number of aryl methyl sites for hydroxylation is 1. The molecule has 0 heterocycles. The second-order valence-electron chi connectivity index (χ2n) is 3.84. The van der Waals surface area contributed by atoms with E-state index < -0.39 is 0 Å². The predicted molar refractivity (Wildman–Crippen MR) is 66.9 cm³/mol. The molecule has 0 aliphatic carbocycles. The van der Waals surface area contributed by atoms with Gasteiger partial charge in [0.2, 0.25) is 0 Å². The molecule has 0 radical (unpaired) electrons. The number of hydrogen-bond donors (Lipinski definition) is 1. The molecule has 0 saturated carbocycles. The fourth-order valence-corrected chi connectivity index (χ4v) is 1.48. The van der Waals surface area contributed by atoms with Crippen LogP contribution in [0.1, 0.15) is 31.2 Å². The molecule has 16 heavy (non-hydrogen) atoms. The monoisotopic (exact) mass is 215 g/mol. The van der Waals surface area contributed by atoms with E-state index in [0.717, 1.165) is 24.1 Å². The van der Waals surface area contributed by atoms with E-state index >= 15 is 0 Å². The van der Waals surface area contributed by atoms with Crippen molar-refractivity contribution < 1.29 is 4.79 Å². The van der Waals surface area contributed by atoms with Gasteiger partial charge >= 0.3 is 0 Å². The van der Waals surface area contributed by atoms with Crippen LogP contribution in [0.2, 0.25) is 0 Å². The van der Waals surface area contributed by atoms with Gasteiger partial charge in [-0.3, -0.25) is 4.79 Å². The Morgan fingerprint density at radius 1 is 1.25 bits per heavy atom. The van der Waals surface area contributed by atoms with Gasteiger partial charge in [0.25, 0.3) is 0 Å². The van der Waals surface area contributed by atoms with Gasteiger partial charge in [0.15, 0.2) is 0 Å². The van der Waals surface area contributed by atoms with E-state index in [-0.39, 0.29) is 5.78 Å². The van der Waals surface area contributed by atoms with Crippen LogP contribution in [0.3, 0.4) is 0 Å². The molecule has 0 bridgehead atoms. The molecule has 2 nitrogen and oxygen atoms in total. The lowest BCUT2D eigenvalue weighted by molar-refractivity contribution is -0.119. The summed E-state index contributed by atoms with van der Waals surface area (Å²) < 4.78 is 0. The standard InChI is InChI=1S/C14H17NO/c1-2-3-4-5-14(16)11-8-12-6-9-13(15)10-7-12/h1,6-7,9-10H,3-5,8,11,15H2. The smallest absolute Gasteiger partial charge is 0.133 e. The highest BCUT2D eigenvalue weighted by Crippen LogP contribution is 2.09. The maximum atomic E-state index is 11.5. The van der Waals surface area contributed by atoms with Crippen LogP contribution in [0.15, 0.2) is 24.3 Å². The maximum Gasteiger partial charge on any atom is 0.133 e. The summed E-state index contributed by atoms with van der Waals surface area (Å²) in [5.41, 5.74) is 7.48. The number of unbranched alkanes of at least 4 members (excludes halogenated alkanes) is 1. The van der Waals surface area contributed by atoms with Gasteiger partial charge in [-0.05, 0) is 30.5 Å². The highest BCUT2D eigenvalue weighted by atomic mass is 16.1. The number of benzene rings is 1. The van der Waals surface area contributed by atoms with E-state index in [1.165, 1.54) is 0 Å². The van der Waals surface area contributed by atoms with Crippen molar-refractivity contribution in [3.05, 3.63) is 29.8 Å². The van der Waals surface area contributed by atoms with Crippen molar-refractivity contribution in [2.24, 2.45) is 0 Å². The van der Waals surface area contributed by atoms with Crippen LogP contribution in [0.25, 0.3) is 0 Å². The first kappa shape index (κ1) is 12.3.